The van der Waals surface area contributed by atoms with Crippen molar-refractivity contribution in [3.63, 3.8) is 0 Å². The topological polar surface area (TPSA) is 87.3 Å². The Hall–Kier alpha value is -2.70. The Labute approximate surface area is 108 Å². The van der Waals surface area contributed by atoms with Crippen LogP contribution in [0.5, 0.6) is 11.6 Å². The van der Waals surface area contributed by atoms with E-state index < -0.39 is 11.8 Å². The number of benzene rings is 1. The van der Waals surface area contributed by atoms with Gasteiger partial charge in [0.05, 0.1) is 12.8 Å². The highest BCUT2D eigenvalue weighted by atomic mass is 19.1. The van der Waals surface area contributed by atoms with Crippen molar-refractivity contribution >= 4 is 11.7 Å². The third kappa shape index (κ3) is 2.76. The Kier molecular flexibility index (Phi) is 3.56. The van der Waals surface area contributed by atoms with Crippen LogP contribution in [0.25, 0.3) is 0 Å². The van der Waals surface area contributed by atoms with Crippen LogP contribution < -0.4 is 10.5 Å². The van der Waals surface area contributed by atoms with Crippen LogP contribution in [0.15, 0.2) is 30.5 Å². The number of carbonyl (C=O) groups is 1. The normalized spacial score (nSPS) is 10.0. The molecule has 0 aliphatic carbocycles. The first kappa shape index (κ1) is 12.7. The molecule has 0 amide bonds. The zero-order chi connectivity index (χ0) is 13.8. The second-order valence-electron chi connectivity index (χ2n) is 3.47. The molecule has 1 aromatic heterocycles. The van der Waals surface area contributed by atoms with Gasteiger partial charge >= 0.3 is 5.97 Å². The van der Waals surface area contributed by atoms with E-state index in [1.165, 1.54) is 37.6 Å². The summed E-state index contributed by atoms with van der Waals surface area (Å²) in [6, 6.07) is 5.52. The third-order valence-electron chi connectivity index (χ3n) is 2.20. The van der Waals surface area contributed by atoms with Crippen molar-refractivity contribution < 1.29 is 18.7 Å². The lowest BCUT2D eigenvalue weighted by Crippen LogP contribution is -2.07. The van der Waals surface area contributed by atoms with E-state index in [1.54, 1.807) is 0 Å². The van der Waals surface area contributed by atoms with E-state index in [4.69, 9.17) is 10.5 Å². The number of carbonyl (C=O) groups excluding carboxylic acids is 1. The maximum Gasteiger partial charge on any atom is 0.376 e. The quantitative estimate of drug-likeness (QED) is 0.670. The monoisotopic (exact) mass is 263 g/mol. The molecule has 2 rings (SSSR count). The summed E-state index contributed by atoms with van der Waals surface area (Å²) in [6.45, 7) is 0. The maximum atomic E-state index is 13.5. The summed E-state index contributed by atoms with van der Waals surface area (Å²) in [4.78, 5) is 18.7. The van der Waals surface area contributed by atoms with Gasteiger partial charge in [-0.05, 0) is 12.1 Å². The molecule has 98 valence electrons. The van der Waals surface area contributed by atoms with E-state index >= 15 is 0 Å². The van der Waals surface area contributed by atoms with E-state index in [-0.39, 0.29) is 23.1 Å². The molecule has 1 aromatic carbocycles. The van der Waals surface area contributed by atoms with Gasteiger partial charge in [0.1, 0.15) is 0 Å². The first-order valence-electron chi connectivity index (χ1n) is 5.25. The standard InChI is InChI=1S/C12H10FN3O3/c1-18-12(17)11-15-6-5-9(16-11)19-10-7(13)3-2-4-8(10)14/h2-6H,14H2,1H3. The largest absolute Gasteiger partial charge is 0.463 e. The SMILES string of the molecule is COC(=O)c1nccc(Oc2c(N)cccc2F)n1. The molecule has 0 saturated carbocycles. The van der Waals surface area contributed by atoms with E-state index in [0.717, 1.165) is 0 Å². The van der Waals surface area contributed by atoms with Crippen LogP contribution in [-0.2, 0) is 4.74 Å². The average Bonchev–Trinajstić information content (AvgIpc) is 2.42. The molecule has 0 spiro atoms. The third-order valence-corrected chi connectivity index (χ3v) is 2.20. The minimum Gasteiger partial charge on any atom is -0.463 e. The number of hydrogen-bond donors (Lipinski definition) is 1. The lowest BCUT2D eigenvalue weighted by atomic mass is 10.3. The highest BCUT2D eigenvalue weighted by Gasteiger charge is 2.13. The molecule has 0 fully saturated rings. The molecule has 0 saturated heterocycles. The summed E-state index contributed by atoms with van der Waals surface area (Å²) in [6.07, 6.45) is 1.30. The highest BCUT2D eigenvalue weighted by molar-refractivity contribution is 5.85. The molecule has 2 aromatic rings. The van der Waals surface area contributed by atoms with Gasteiger partial charge in [-0.1, -0.05) is 6.07 Å². The molecule has 7 heteroatoms. The number of nitrogens with zero attached hydrogens (tertiary/aromatic N) is 2. The predicted octanol–water partition coefficient (Wildman–Crippen LogP) is 1.78. The molecule has 2 N–H and O–H groups in total. The molecule has 0 atom stereocenters. The van der Waals surface area contributed by atoms with Gasteiger partial charge < -0.3 is 15.2 Å². The van der Waals surface area contributed by atoms with Gasteiger partial charge in [-0.2, -0.15) is 4.98 Å². The number of anilines is 1. The number of hydrogen-bond acceptors (Lipinski definition) is 6. The number of nitrogen functional groups attached to an aromatic ring is 1. The minimum absolute atomic E-state index is 0.00722. The summed E-state index contributed by atoms with van der Waals surface area (Å²) in [5, 5.41) is 0. The van der Waals surface area contributed by atoms with E-state index in [1.807, 2.05) is 0 Å². The zero-order valence-corrected chi connectivity index (χ0v) is 9.96. The molecule has 19 heavy (non-hydrogen) atoms. The molecule has 0 radical (unpaired) electrons. The molecular formula is C12H10FN3O3. The molecule has 1 heterocycles. The summed E-state index contributed by atoms with van der Waals surface area (Å²) < 4.78 is 23.2. The second-order valence-corrected chi connectivity index (χ2v) is 3.47. The van der Waals surface area contributed by atoms with E-state index in [2.05, 4.69) is 14.7 Å². The fourth-order valence-corrected chi connectivity index (χ4v) is 1.33. The van der Waals surface area contributed by atoms with Crippen molar-refractivity contribution in [2.24, 2.45) is 0 Å². The van der Waals surface area contributed by atoms with Crippen LogP contribution in [0, 0.1) is 5.82 Å². The first-order valence-corrected chi connectivity index (χ1v) is 5.25. The van der Waals surface area contributed by atoms with Crippen molar-refractivity contribution in [3.8, 4) is 11.6 Å². The Morgan fingerprint density at radius 2 is 2.16 bits per heavy atom. The Bertz CT molecular complexity index is 599. The first-order chi connectivity index (χ1) is 9.11. The smallest absolute Gasteiger partial charge is 0.376 e. The maximum absolute atomic E-state index is 13.5. The molecule has 6 nitrogen and oxygen atoms in total. The molecular weight excluding hydrogens is 253 g/mol. The van der Waals surface area contributed by atoms with Crippen LogP contribution >= 0.6 is 0 Å². The van der Waals surface area contributed by atoms with E-state index in [9.17, 15) is 9.18 Å². The lowest BCUT2D eigenvalue weighted by Gasteiger charge is -2.08. The van der Waals surface area contributed by atoms with E-state index in [0.29, 0.717) is 0 Å². The number of methoxy groups -OCH3 is 1. The van der Waals surface area contributed by atoms with Crippen LogP contribution in [0.2, 0.25) is 0 Å². The number of nitrogens with two attached hydrogens (primary N) is 1. The molecule has 0 aliphatic rings. The number of halogens is 1. The number of esters is 1. The van der Waals surface area contributed by atoms with Gasteiger partial charge in [0.2, 0.25) is 11.7 Å². The lowest BCUT2D eigenvalue weighted by molar-refractivity contribution is 0.0585. The van der Waals surface area contributed by atoms with Gasteiger partial charge in [-0.3, -0.25) is 0 Å². The molecule has 0 aliphatic heterocycles. The Morgan fingerprint density at radius 1 is 1.37 bits per heavy atom. The Morgan fingerprint density at radius 3 is 2.84 bits per heavy atom. The number of para-hydroxylation sites is 1. The van der Waals surface area contributed by atoms with Crippen LogP contribution in [-0.4, -0.2) is 23.0 Å². The Balaban J connectivity index is 2.31. The van der Waals surface area contributed by atoms with Crippen molar-refractivity contribution in [1.29, 1.82) is 0 Å². The zero-order valence-electron chi connectivity index (χ0n) is 9.96. The van der Waals surface area contributed by atoms with Crippen LogP contribution in [0.1, 0.15) is 10.6 Å². The van der Waals surface area contributed by atoms with Crippen molar-refractivity contribution in [1.82, 2.24) is 9.97 Å². The highest BCUT2D eigenvalue weighted by Crippen LogP contribution is 2.28. The second kappa shape index (κ2) is 5.30. The van der Waals surface area contributed by atoms with Crippen molar-refractivity contribution in [3.05, 3.63) is 42.1 Å². The van der Waals surface area contributed by atoms with Gasteiger partial charge in [0, 0.05) is 12.3 Å². The summed E-state index contributed by atoms with van der Waals surface area (Å²) in [5.41, 5.74) is 5.72. The van der Waals surface area contributed by atoms with Gasteiger partial charge in [0.25, 0.3) is 0 Å². The minimum atomic E-state index is -0.716. The summed E-state index contributed by atoms with van der Waals surface area (Å²) in [5.74, 6) is -1.69. The molecule has 0 unspecified atom stereocenters. The van der Waals surface area contributed by atoms with Crippen LogP contribution in [0.3, 0.4) is 0 Å². The number of rotatable bonds is 3. The van der Waals surface area contributed by atoms with Gasteiger partial charge in [0.15, 0.2) is 11.6 Å². The van der Waals surface area contributed by atoms with Gasteiger partial charge in [-0.15, -0.1) is 0 Å². The fraction of sp³-hybridized carbons (Fsp3) is 0.0833. The van der Waals surface area contributed by atoms with Crippen molar-refractivity contribution in [2.75, 3.05) is 12.8 Å². The van der Waals surface area contributed by atoms with Crippen LogP contribution in [0.4, 0.5) is 10.1 Å². The predicted molar refractivity (Wildman–Crippen MR) is 64.3 cm³/mol. The average molecular weight is 263 g/mol. The van der Waals surface area contributed by atoms with Crippen molar-refractivity contribution in [2.45, 2.75) is 0 Å². The number of aromatic nitrogens is 2. The fourth-order valence-electron chi connectivity index (χ4n) is 1.33. The summed E-state index contributed by atoms with van der Waals surface area (Å²) in [7, 11) is 1.20. The van der Waals surface area contributed by atoms with Gasteiger partial charge in [-0.25, -0.2) is 14.2 Å². The number of ether oxygens (including phenoxy) is 2. The summed E-state index contributed by atoms with van der Waals surface area (Å²) >= 11 is 0. The molecule has 0 bridgehead atoms.